The van der Waals surface area contributed by atoms with Crippen molar-refractivity contribution in [2.75, 3.05) is 0 Å². The zero-order chi connectivity index (χ0) is 10.0. The highest BCUT2D eigenvalue weighted by atomic mass is 35.5. The number of hydrogen-bond acceptors (Lipinski definition) is 4. The number of carbonyl (C=O) groups is 1. The lowest BCUT2D eigenvalue weighted by Crippen LogP contribution is -2.22. The molecule has 1 rings (SSSR count). The van der Waals surface area contributed by atoms with Gasteiger partial charge in [0.1, 0.15) is 11.4 Å². The Labute approximate surface area is 85.6 Å². The van der Waals surface area contributed by atoms with Gasteiger partial charge in [0.25, 0.3) is 5.56 Å². The van der Waals surface area contributed by atoms with Gasteiger partial charge in [-0.05, 0) is 6.92 Å². The molecule has 0 spiro atoms. The molecule has 14 heavy (non-hydrogen) atoms. The van der Waals surface area contributed by atoms with Gasteiger partial charge in [0.05, 0.1) is 6.04 Å². The van der Waals surface area contributed by atoms with Crippen LogP contribution in [0.3, 0.4) is 0 Å². The Morgan fingerprint density at radius 1 is 1.71 bits per heavy atom. The van der Waals surface area contributed by atoms with Crippen molar-refractivity contribution >= 4 is 18.4 Å². The van der Waals surface area contributed by atoms with Crippen LogP contribution in [0.1, 0.15) is 29.1 Å². The molecular formula is C7H10ClN3O3. The molecular weight excluding hydrogens is 210 g/mol. The number of hydrogen-bond donors (Lipinski definition) is 3. The summed E-state index contributed by atoms with van der Waals surface area (Å²) in [6.07, 6.45) is 1.000. The van der Waals surface area contributed by atoms with Crippen molar-refractivity contribution in [3.63, 3.8) is 0 Å². The van der Waals surface area contributed by atoms with Crippen LogP contribution in [0.5, 0.6) is 0 Å². The molecule has 1 aromatic rings. The molecule has 0 aliphatic carbocycles. The van der Waals surface area contributed by atoms with Crippen LogP contribution in [0, 0.1) is 0 Å². The third-order valence-electron chi connectivity index (χ3n) is 1.48. The molecule has 1 heterocycles. The highest BCUT2D eigenvalue weighted by Gasteiger charge is 2.10. The zero-order valence-electron chi connectivity index (χ0n) is 7.35. The van der Waals surface area contributed by atoms with Gasteiger partial charge >= 0.3 is 5.97 Å². The van der Waals surface area contributed by atoms with E-state index in [-0.39, 0.29) is 23.8 Å². The summed E-state index contributed by atoms with van der Waals surface area (Å²) in [5, 5.41) is 8.50. The van der Waals surface area contributed by atoms with Crippen molar-refractivity contribution in [3.05, 3.63) is 27.9 Å². The largest absolute Gasteiger partial charge is 0.477 e. The first-order valence-electron chi connectivity index (χ1n) is 3.60. The number of aromatic carboxylic acids is 1. The van der Waals surface area contributed by atoms with Crippen molar-refractivity contribution in [1.82, 2.24) is 9.97 Å². The normalized spacial score (nSPS) is 11.6. The third kappa shape index (κ3) is 2.54. The lowest BCUT2D eigenvalue weighted by Gasteiger charge is -2.02. The van der Waals surface area contributed by atoms with Gasteiger partial charge < -0.3 is 15.8 Å². The van der Waals surface area contributed by atoms with Crippen molar-refractivity contribution in [3.8, 4) is 0 Å². The smallest absolute Gasteiger partial charge is 0.342 e. The maximum absolute atomic E-state index is 11.1. The van der Waals surface area contributed by atoms with Crippen molar-refractivity contribution < 1.29 is 9.90 Å². The molecule has 1 aromatic heterocycles. The second-order valence-corrected chi connectivity index (χ2v) is 2.61. The Kier molecular flexibility index (Phi) is 4.26. The van der Waals surface area contributed by atoms with Crippen LogP contribution in [0.15, 0.2) is 11.0 Å². The molecule has 0 saturated heterocycles. The van der Waals surface area contributed by atoms with E-state index in [9.17, 15) is 9.59 Å². The molecule has 6 nitrogen and oxygen atoms in total. The molecule has 7 heteroatoms. The van der Waals surface area contributed by atoms with Crippen LogP contribution in [0.2, 0.25) is 0 Å². The molecule has 0 saturated carbocycles. The standard InChI is InChI=1S/C7H9N3O3.ClH/c1-3(8)5-9-2-4(7(12)13)6(11)10-5;/h2-3H,8H2,1H3,(H,12,13)(H,9,10,11);1H. The minimum absolute atomic E-state index is 0. The molecule has 0 fully saturated rings. The molecule has 0 radical (unpaired) electrons. The molecule has 0 amide bonds. The lowest BCUT2D eigenvalue weighted by molar-refractivity contribution is 0.0694. The van der Waals surface area contributed by atoms with E-state index < -0.39 is 17.6 Å². The minimum Gasteiger partial charge on any atom is -0.477 e. The minimum atomic E-state index is -1.30. The molecule has 0 aliphatic rings. The highest BCUT2D eigenvalue weighted by molar-refractivity contribution is 5.86. The van der Waals surface area contributed by atoms with E-state index in [1.54, 1.807) is 6.92 Å². The van der Waals surface area contributed by atoms with Crippen LogP contribution in [-0.2, 0) is 0 Å². The number of aromatic nitrogens is 2. The van der Waals surface area contributed by atoms with Gasteiger partial charge in [-0.1, -0.05) is 0 Å². The van der Waals surface area contributed by atoms with Gasteiger partial charge in [-0.25, -0.2) is 9.78 Å². The molecule has 0 aromatic carbocycles. The first kappa shape index (κ1) is 12.6. The monoisotopic (exact) mass is 219 g/mol. The van der Waals surface area contributed by atoms with Gasteiger partial charge in [0.2, 0.25) is 0 Å². The fraction of sp³-hybridized carbons (Fsp3) is 0.286. The number of rotatable bonds is 2. The number of nitrogens with one attached hydrogen (secondary N) is 1. The second kappa shape index (κ2) is 4.73. The molecule has 4 N–H and O–H groups in total. The first-order chi connectivity index (χ1) is 6.02. The summed E-state index contributed by atoms with van der Waals surface area (Å²) >= 11 is 0. The van der Waals surface area contributed by atoms with E-state index in [1.807, 2.05) is 0 Å². The SMILES string of the molecule is CC(N)c1ncc(C(=O)O)c(=O)[nH]1.Cl. The number of nitrogens with zero attached hydrogens (tertiary/aromatic N) is 1. The highest BCUT2D eigenvalue weighted by Crippen LogP contribution is 1.98. The van der Waals surface area contributed by atoms with E-state index >= 15 is 0 Å². The first-order valence-corrected chi connectivity index (χ1v) is 3.60. The van der Waals surface area contributed by atoms with E-state index in [2.05, 4.69) is 9.97 Å². The van der Waals surface area contributed by atoms with E-state index in [1.165, 1.54) is 0 Å². The van der Waals surface area contributed by atoms with Crippen molar-refractivity contribution in [1.29, 1.82) is 0 Å². The van der Waals surface area contributed by atoms with Gasteiger partial charge in [-0.3, -0.25) is 4.79 Å². The van der Waals surface area contributed by atoms with E-state index in [0.717, 1.165) is 6.20 Å². The number of halogens is 1. The van der Waals surface area contributed by atoms with Crippen LogP contribution < -0.4 is 11.3 Å². The Morgan fingerprint density at radius 2 is 2.29 bits per heavy atom. The van der Waals surface area contributed by atoms with E-state index in [0.29, 0.717) is 0 Å². The number of aromatic amines is 1. The summed E-state index contributed by atoms with van der Waals surface area (Å²) in [5.41, 5.74) is 4.36. The Balaban J connectivity index is 0.00000169. The van der Waals surface area contributed by atoms with Crippen LogP contribution in [0.4, 0.5) is 0 Å². The molecule has 0 bridgehead atoms. The maximum Gasteiger partial charge on any atom is 0.342 e. The van der Waals surface area contributed by atoms with Crippen molar-refractivity contribution in [2.24, 2.45) is 5.73 Å². The number of H-pyrrole nitrogens is 1. The summed E-state index contributed by atoms with van der Waals surface area (Å²) < 4.78 is 0. The van der Waals surface area contributed by atoms with Crippen LogP contribution in [0.25, 0.3) is 0 Å². The summed E-state index contributed by atoms with van der Waals surface area (Å²) in [4.78, 5) is 27.4. The predicted molar refractivity (Wildman–Crippen MR) is 51.7 cm³/mol. The fourth-order valence-electron chi connectivity index (χ4n) is 0.792. The third-order valence-corrected chi connectivity index (χ3v) is 1.48. The van der Waals surface area contributed by atoms with Gasteiger partial charge in [-0.15, -0.1) is 12.4 Å². The summed E-state index contributed by atoms with van der Waals surface area (Å²) in [7, 11) is 0. The Morgan fingerprint density at radius 3 is 2.64 bits per heavy atom. The lowest BCUT2D eigenvalue weighted by atomic mass is 10.3. The quantitative estimate of drug-likeness (QED) is 0.644. The number of carboxylic acid groups (broad SMARTS) is 1. The predicted octanol–water partition coefficient (Wildman–Crippen LogP) is -0.0904. The second-order valence-electron chi connectivity index (χ2n) is 2.61. The topological polar surface area (TPSA) is 109 Å². The molecule has 0 aliphatic heterocycles. The van der Waals surface area contributed by atoms with Gasteiger partial charge in [-0.2, -0.15) is 0 Å². The van der Waals surface area contributed by atoms with E-state index in [4.69, 9.17) is 10.8 Å². The van der Waals surface area contributed by atoms with Crippen LogP contribution in [-0.4, -0.2) is 21.0 Å². The zero-order valence-corrected chi connectivity index (χ0v) is 8.17. The summed E-state index contributed by atoms with van der Waals surface area (Å²) in [5.74, 6) is -1.03. The average Bonchev–Trinajstić information content (AvgIpc) is 2.03. The summed E-state index contributed by atoms with van der Waals surface area (Å²) in [6, 6.07) is -0.421. The molecule has 78 valence electrons. The number of nitrogens with two attached hydrogens (primary N) is 1. The van der Waals surface area contributed by atoms with Gasteiger partial charge in [0.15, 0.2) is 0 Å². The van der Waals surface area contributed by atoms with Crippen molar-refractivity contribution in [2.45, 2.75) is 13.0 Å². The average molecular weight is 220 g/mol. The molecule has 1 unspecified atom stereocenters. The van der Waals surface area contributed by atoms with Crippen LogP contribution >= 0.6 is 12.4 Å². The Bertz CT molecular complexity index is 388. The fourth-order valence-corrected chi connectivity index (χ4v) is 0.792. The summed E-state index contributed by atoms with van der Waals surface area (Å²) in [6.45, 7) is 1.64. The maximum atomic E-state index is 11.1. The van der Waals surface area contributed by atoms with Gasteiger partial charge in [0, 0.05) is 6.20 Å². The number of carboxylic acids is 1. The molecule has 1 atom stereocenters. The Hall–Kier alpha value is -1.40.